The topological polar surface area (TPSA) is 49.4 Å². The molecule has 1 unspecified atom stereocenters. The van der Waals surface area contributed by atoms with Gasteiger partial charge in [0.25, 0.3) is 5.91 Å². The Kier molecular flexibility index (Phi) is 3.77. The van der Waals surface area contributed by atoms with Crippen LogP contribution in [0.1, 0.15) is 35.4 Å². The molecule has 0 bridgehead atoms. The van der Waals surface area contributed by atoms with Gasteiger partial charge in [0.2, 0.25) is 5.91 Å². The molecule has 1 aliphatic carbocycles. The van der Waals surface area contributed by atoms with Crippen molar-refractivity contribution in [3.8, 4) is 0 Å². The van der Waals surface area contributed by atoms with E-state index in [1.54, 1.807) is 4.90 Å². The molecule has 2 aromatic rings. The number of nitrogens with one attached hydrogen (secondary N) is 1. The molecular weight excluding hydrogens is 332 g/mol. The van der Waals surface area contributed by atoms with Crippen LogP contribution in [-0.4, -0.2) is 35.3 Å². The van der Waals surface area contributed by atoms with Gasteiger partial charge in [-0.05, 0) is 31.7 Å². The number of rotatable bonds is 3. The quantitative estimate of drug-likeness (QED) is 0.923. The van der Waals surface area contributed by atoms with Crippen LogP contribution >= 0.6 is 22.9 Å². The number of hydrogen-bond acceptors (Lipinski definition) is 3. The summed E-state index contributed by atoms with van der Waals surface area (Å²) in [5.41, 5.74) is 0. The summed E-state index contributed by atoms with van der Waals surface area (Å²) in [5.74, 6) is -0.139. The van der Waals surface area contributed by atoms with Gasteiger partial charge in [-0.2, -0.15) is 0 Å². The molecule has 1 aliphatic heterocycles. The SMILES string of the molecule is O=C(NC1CC1)C1CCCN1C(=O)c1sc2ccccc2c1Cl. The van der Waals surface area contributed by atoms with E-state index in [2.05, 4.69) is 5.32 Å². The first-order chi connectivity index (χ1) is 11.1. The van der Waals surface area contributed by atoms with Gasteiger partial charge in [0.15, 0.2) is 0 Å². The number of halogens is 1. The summed E-state index contributed by atoms with van der Waals surface area (Å²) in [7, 11) is 0. The number of nitrogens with zero attached hydrogens (tertiary/aromatic N) is 1. The molecule has 1 aromatic heterocycles. The summed E-state index contributed by atoms with van der Waals surface area (Å²) < 4.78 is 0.999. The van der Waals surface area contributed by atoms with E-state index in [4.69, 9.17) is 11.6 Å². The molecule has 2 aliphatic rings. The highest BCUT2D eigenvalue weighted by molar-refractivity contribution is 7.21. The number of carbonyl (C=O) groups excluding carboxylic acids is 2. The lowest BCUT2D eigenvalue weighted by Crippen LogP contribution is -2.46. The van der Waals surface area contributed by atoms with Gasteiger partial charge in [-0.3, -0.25) is 9.59 Å². The molecule has 1 aromatic carbocycles. The number of thiophene rings is 1. The van der Waals surface area contributed by atoms with Crippen LogP contribution in [0.15, 0.2) is 24.3 Å². The van der Waals surface area contributed by atoms with Gasteiger partial charge in [0.1, 0.15) is 10.9 Å². The van der Waals surface area contributed by atoms with E-state index in [9.17, 15) is 9.59 Å². The van der Waals surface area contributed by atoms with Crippen molar-refractivity contribution >= 4 is 44.8 Å². The lowest BCUT2D eigenvalue weighted by molar-refractivity contribution is -0.125. The van der Waals surface area contributed by atoms with Crippen LogP contribution in [0.4, 0.5) is 0 Å². The molecule has 6 heteroatoms. The third-order valence-electron chi connectivity index (χ3n) is 4.47. The predicted octanol–water partition coefficient (Wildman–Crippen LogP) is 3.44. The second kappa shape index (κ2) is 5.80. The van der Waals surface area contributed by atoms with Gasteiger partial charge in [-0.25, -0.2) is 0 Å². The zero-order valence-electron chi connectivity index (χ0n) is 12.5. The highest BCUT2D eigenvalue weighted by Gasteiger charge is 2.37. The van der Waals surface area contributed by atoms with Gasteiger partial charge >= 0.3 is 0 Å². The molecule has 4 nitrogen and oxygen atoms in total. The van der Waals surface area contributed by atoms with E-state index >= 15 is 0 Å². The summed E-state index contributed by atoms with van der Waals surface area (Å²) in [5, 5.41) is 4.42. The summed E-state index contributed by atoms with van der Waals surface area (Å²) in [6, 6.07) is 7.69. The first-order valence-corrected chi connectivity index (χ1v) is 9.13. The molecule has 23 heavy (non-hydrogen) atoms. The summed E-state index contributed by atoms with van der Waals surface area (Å²) in [4.78, 5) is 27.5. The average molecular weight is 349 g/mol. The molecule has 1 saturated heterocycles. The molecule has 2 amide bonds. The minimum atomic E-state index is -0.357. The van der Waals surface area contributed by atoms with Gasteiger partial charge < -0.3 is 10.2 Å². The van der Waals surface area contributed by atoms with Crippen molar-refractivity contribution in [1.82, 2.24) is 10.2 Å². The van der Waals surface area contributed by atoms with Crippen molar-refractivity contribution in [2.24, 2.45) is 0 Å². The molecule has 4 rings (SSSR count). The second-order valence-electron chi connectivity index (χ2n) is 6.18. The molecule has 2 fully saturated rings. The van der Waals surface area contributed by atoms with Crippen LogP contribution in [0, 0.1) is 0 Å². The normalized spacial score (nSPS) is 20.9. The number of benzene rings is 1. The van der Waals surface area contributed by atoms with Crippen LogP contribution in [0.3, 0.4) is 0 Å². The molecule has 120 valence electrons. The van der Waals surface area contributed by atoms with Crippen LogP contribution in [0.2, 0.25) is 5.02 Å². The van der Waals surface area contributed by atoms with Gasteiger partial charge in [0, 0.05) is 22.7 Å². The molecule has 1 N–H and O–H groups in total. The fraction of sp³-hybridized carbons (Fsp3) is 0.412. The highest BCUT2D eigenvalue weighted by Crippen LogP contribution is 2.37. The molecule has 1 atom stereocenters. The Morgan fingerprint density at radius 2 is 2.00 bits per heavy atom. The van der Waals surface area contributed by atoms with E-state index in [0.29, 0.717) is 22.5 Å². The summed E-state index contributed by atoms with van der Waals surface area (Å²) in [6.45, 7) is 0.617. The maximum absolute atomic E-state index is 12.9. The molecular formula is C17H17ClN2O2S. The predicted molar refractivity (Wildman–Crippen MR) is 92.1 cm³/mol. The Bertz CT molecular complexity index is 784. The van der Waals surface area contributed by atoms with Crippen molar-refractivity contribution in [1.29, 1.82) is 0 Å². The number of amides is 2. The second-order valence-corrected chi connectivity index (χ2v) is 7.61. The molecule has 2 heterocycles. The fourth-order valence-electron chi connectivity index (χ4n) is 3.09. The number of fused-ring (bicyclic) bond motifs is 1. The van der Waals surface area contributed by atoms with E-state index in [0.717, 1.165) is 35.8 Å². The molecule has 0 radical (unpaired) electrons. The standard InChI is InChI=1S/C17H17ClN2O2S/c18-14-11-4-1-2-6-13(11)23-15(14)17(22)20-9-3-5-12(20)16(21)19-10-7-8-10/h1-2,4,6,10,12H,3,5,7-9H2,(H,19,21). The Hall–Kier alpha value is -1.59. The first-order valence-electron chi connectivity index (χ1n) is 7.93. The minimum absolute atomic E-state index is 0.0180. The average Bonchev–Trinajstić information content (AvgIpc) is 3.12. The smallest absolute Gasteiger partial charge is 0.266 e. The maximum atomic E-state index is 12.9. The monoisotopic (exact) mass is 348 g/mol. The van der Waals surface area contributed by atoms with Crippen LogP contribution in [0.5, 0.6) is 0 Å². The Labute approximate surface area is 143 Å². The number of carbonyl (C=O) groups is 2. The first kappa shape index (κ1) is 15.0. The van der Waals surface area contributed by atoms with Crippen molar-refractivity contribution in [3.05, 3.63) is 34.2 Å². The van der Waals surface area contributed by atoms with E-state index in [1.165, 1.54) is 11.3 Å². The largest absolute Gasteiger partial charge is 0.352 e. The minimum Gasteiger partial charge on any atom is -0.352 e. The molecule has 1 saturated carbocycles. The van der Waals surface area contributed by atoms with E-state index in [-0.39, 0.29) is 17.9 Å². The van der Waals surface area contributed by atoms with E-state index in [1.807, 2.05) is 24.3 Å². The van der Waals surface area contributed by atoms with Crippen molar-refractivity contribution in [2.75, 3.05) is 6.54 Å². The van der Waals surface area contributed by atoms with Crippen molar-refractivity contribution < 1.29 is 9.59 Å². The van der Waals surface area contributed by atoms with Crippen LogP contribution < -0.4 is 5.32 Å². The maximum Gasteiger partial charge on any atom is 0.266 e. The summed E-state index contributed by atoms with van der Waals surface area (Å²) in [6.07, 6.45) is 3.69. The highest BCUT2D eigenvalue weighted by atomic mass is 35.5. The third-order valence-corrected chi connectivity index (χ3v) is 6.13. The number of likely N-dealkylation sites (tertiary alicyclic amines) is 1. The number of hydrogen-bond donors (Lipinski definition) is 1. The van der Waals surface area contributed by atoms with E-state index < -0.39 is 0 Å². The third kappa shape index (κ3) is 2.72. The van der Waals surface area contributed by atoms with Gasteiger partial charge in [-0.1, -0.05) is 29.8 Å². The Morgan fingerprint density at radius 1 is 1.22 bits per heavy atom. The Balaban J connectivity index is 1.61. The fourth-order valence-corrected chi connectivity index (χ4v) is 4.56. The van der Waals surface area contributed by atoms with Crippen LogP contribution in [-0.2, 0) is 4.79 Å². The Morgan fingerprint density at radius 3 is 2.74 bits per heavy atom. The summed E-state index contributed by atoms with van der Waals surface area (Å²) >= 11 is 7.82. The lowest BCUT2D eigenvalue weighted by atomic mass is 10.2. The molecule has 0 spiro atoms. The van der Waals surface area contributed by atoms with Crippen LogP contribution in [0.25, 0.3) is 10.1 Å². The van der Waals surface area contributed by atoms with Crippen molar-refractivity contribution in [3.63, 3.8) is 0 Å². The lowest BCUT2D eigenvalue weighted by Gasteiger charge is -2.23. The zero-order chi connectivity index (χ0) is 16.0. The van der Waals surface area contributed by atoms with Gasteiger partial charge in [0.05, 0.1) is 5.02 Å². The van der Waals surface area contributed by atoms with Crippen molar-refractivity contribution in [2.45, 2.75) is 37.8 Å². The van der Waals surface area contributed by atoms with Gasteiger partial charge in [-0.15, -0.1) is 11.3 Å². The zero-order valence-corrected chi connectivity index (χ0v) is 14.1.